The molecule has 1 heterocycles. The Balaban J connectivity index is 1.51. The molecular weight excluding hydrogens is 356 g/mol. The Kier molecular flexibility index (Phi) is 4.51. The van der Waals surface area contributed by atoms with E-state index in [1.165, 1.54) is 0 Å². The van der Waals surface area contributed by atoms with Crippen LogP contribution < -0.4 is 10.6 Å². The molecule has 1 saturated carbocycles. The van der Waals surface area contributed by atoms with Crippen molar-refractivity contribution in [3.63, 3.8) is 0 Å². The molecule has 1 aliphatic carbocycles. The lowest BCUT2D eigenvalue weighted by molar-refractivity contribution is -0.133. The molecule has 2 aromatic rings. The topological polar surface area (TPSA) is 95.5 Å². The second-order valence-corrected chi connectivity index (χ2v) is 7.49. The molecule has 6 nitrogen and oxygen atoms in total. The van der Waals surface area contributed by atoms with Crippen LogP contribution in [0.15, 0.2) is 42.5 Å². The van der Waals surface area contributed by atoms with E-state index in [0.717, 1.165) is 24.8 Å². The molecule has 2 aromatic carbocycles. The van der Waals surface area contributed by atoms with E-state index in [2.05, 4.69) is 10.6 Å². The van der Waals surface area contributed by atoms with Crippen molar-refractivity contribution in [2.75, 3.05) is 10.6 Å². The van der Waals surface area contributed by atoms with Gasteiger partial charge in [-0.05, 0) is 55.2 Å². The lowest BCUT2D eigenvalue weighted by Crippen LogP contribution is -2.36. The fraction of sp³-hybridized carbons (Fsp3) is 0.318. The second kappa shape index (κ2) is 6.87. The Morgan fingerprint density at radius 3 is 2.54 bits per heavy atom. The van der Waals surface area contributed by atoms with Gasteiger partial charge in [-0.3, -0.25) is 14.4 Å². The number of hydrogen-bond donors (Lipinski definition) is 3. The highest BCUT2D eigenvalue weighted by Gasteiger charge is 2.46. The number of ketones is 1. The fourth-order valence-electron chi connectivity index (χ4n) is 3.45. The molecule has 0 spiro atoms. The molecular formula is C22H22N2O4. The average molecular weight is 378 g/mol. The van der Waals surface area contributed by atoms with Crippen LogP contribution in [-0.2, 0) is 21.6 Å². The number of aryl methyl sites for hydroxylation is 1. The van der Waals surface area contributed by atoms with Crippen LogP contribution >= 0.6 is 0 Å². The van der Waals surface area contributed by atoms with E-state index in [1.807, 2.05) is 13.0 Å². The minimum absolute atomic E-state index is 0.000602. The zero-order chi connectivity index (χ0) is 19.9. The average Bonchev–Trinajstić information content (AvgIpc) is 3.50. The third-order valence-corrected chi connectivity index (χ3v) is 5.40. The Hall–Kier alpha value is -2.99. The molecule has 1 fully saturated rings. The first kappa shape index (κ1) is 18.4. The number of hydrogen-bond acceptors (Lipinski definition) is 4. The maximum absolute atomic E-state index is 12.7. The van der Waals surface area contributed by atoms with Crippen molar-refractivity contribution >= 4 is 29.0 Å². The van der Waals surface area contributed by atoms with Crippen LogP contribution in [0.4, 0.5) is 11.4 Å². The highest BCUT2D eigenvalue weighted by atomic mass is 16.3. The molecule has 0 bridgehead atoms. The predicted molar refractivity (Wildman–Crippen MR) is 105 cm³/mol. The number of aliphatic hydroxyl groups is 1. The van der Waals surface area contributed by atoms with Crippen molar-refractivity contribution < 1.29 is 19.5 Å². The summed E-state index contributed by atoms with van der Waals surface area (Å²) >= 11 is 0. The summed E-state index contributed by atoms with van der Waals surface area (Å²) in [6, 6.07) is 11.9. The van der Waals surface area contributed by atoms with Gasteiger partial charge in [0, 0.05) is 28.4 Å². The fourth-order valence-corrected chi connectivity index (χ4v) is 3.45. The van der Waals surface area contributed by atoms with Gasteiger partial charge < -0.3 is 15.7 Å². The Morgan fingerprint density at radius 2 is 1.89 bits per heavy atom. The standard InChI is InChI=1S/C22H22N2O4/c1-2-13-3-10-18-17(11-13)22(28,21(27)24-18)12-19(25)14-6-8-16(9-7-14)23-20(26)15-4-5-15/h3,6-11,15,28H,2,4-5,12H2,1H3,(H,23,26)(H,24,27)/t22-/m1/s1. The maximum Gasteiger partial charge on any atom is 0.261 e. The van der Waals surface area contributed by atoms with E-state index in [0.29, 0.717) is 22.5 Å². The molecule has 2 aliphatic rings. The van der Waals surface area contributed by atoms with E-state index >= 15 is 0 Å². The lowest BCUT2D eigenvalue weighted by atomic mass is 9.87. The van der Waals surface area contributed by atoms with Crippen molar-refractivity contribution in [2.45, 2.75) is 38.2 Å². The first-order valence-electron chi connectivity index (χ1n) is 9.52. The van der Waals surface area contributed by atoms with Crippen molar-refractivity contribution in [1.29, 1.82) is 0 Å². The van der Waals surface area contributed by atoms with Gasteiger partial charge in [-0.2, -0.15) is 0 Å². The normalized spacial score (nSPS) is 20.4. The third kappa shape index (κ3) is 3.31. The summed E-state index contributed by atoms with van der Waals surface area (Å²) in [5, 5.41) is 16.5. The highest BCUT2D eigenvalue weighted by Crippen LogP contribution is 2.39. The number of rotatable bonds is 6. The minimum Gasteiger partial charge on any atom is -0.375 e. The highest BCUT2D eigenvalue weighted by molar-refractivity contribution is 6.09. The van der Waals surface area contributed by atoms with Gasteiger partial charge in [-0.1, -0.05) is 19.1 Å². The van der Waals surface area contributed by atoms with Gasteiger partial charge in [-0.15, -0.1) is 0 Å². The molecule has 6 heteroatoms. The van der Waals surface area contributed by atoms with Crippen molar-refractivity contribution in [3.05, 3.63) is 59.2 Å². The number of nitrogens with one attached hydrogen (secondary N) is 2. The van der Waals surface area contributed by atoms with Gasteiger partial charge in [0.15, 0.2) is 11.4 Å². The molecule has 0 saturated heterocycles. The summed E-state index contributed by atoms with van der Waals surface area (Å²) < 4.78 is 0. The number of benzene rings is 2. The van der Waals surface area contributed by atoms with Gasteiger partial charge in [-0.25, -0.2) is 0 Å². The van der Waals surface area contributed by atoms with E-state index in [4.69, 9.17) is 0 Å². The third-order valence-electron chi connectivity index (χ3n) is 5.40. The van der Waals surface area contributed by atoms with E-state index < -0.39 is 11.5 Å². The summed E-state index contributed by atoms with van der Waals surface area (Å²) in [5.74, 6) is -0.825. The summed E-state index contributed by atoms with van der Waals surface area (Å²) in [4.78, 5) is 37.0. The summed E-state index contributed by atoms with van der Waals surface area (Å²) in [7, 11) is 0. The van der Waals surface area contributed by atoms with Crippen LogP contribution in [0.3, 0.4) is 0 Å². The van der Waals surface area contributed by atoms with Gasteiger partial charge >= 0.3 is 0 Å². The number of carbonyl (C=O) groups is 3. The monoisotopic (exact) mass is 378 g/mol. The number of carbonyl (C=O) groups excluding carboxylic acids is 3. The molecule has 2 amide bonds. The van der Waals surface area contributed by atoms with E-state index in [-0.39, 0.29) is 24.0 Å². The molecule has 0 radical (unpaired) electrons. The van der Waals surface area contributed by atoms with Gasteiger partial charge in [0.25, 0.3) is 5.91 Å². The van der Waals surface area contributed by atoms with Crippen molar-refractivity contribution in [1.82, 2.24) is 0 Å². The molecule has 4 rings (SSSR count). The molecule has 1 atom stereocenters. The van der Waals surface area contributed by atoms with Crippen molar-refractivity contribution in [2.24, 2.45) is 5.92 Å². The van der Waals surface area contributed by atoms with Gasteiger partial charge in [0.2, 0.25) is 5.91 Å². The zero-order valence-corrected chi connectivity index (χ0v) is 15.6. The molecule has 28 heavy (non-hydrogen) atoms. The van der Waals surface area contributed by atoms with Crippen LogP contribution in [-0.4, -0.2) is 22.7 Å². The second-order valence-electron chi connectivity index (χ2n) is 7.49. The van der Waals surface area contributed by atoms with E-state index in [9.17, 15) is 19.5 Å². The molecule has 1 aliphatic heterocycles. The first-order valence-corrected chi connectivity index (χ1v) is 9.52. The number of amides is 2. The summed E-state index contributed by atoms with van der Waals surface area (Å²) in [6.07, 6.45) is 2.26. The smallest absolute Gasteiger partial charge is 0.261 e. The van der Waals surface area contributed by atoms with Gasteiger partial charge in [0.05, 0.1) is 6.42 Å². The quantitative estimate of drug-likeness (QED) is 0.674. The Bertz CT molecular complexity index is 963. The molecule has 3 N–H and O–H groups in total. The zero-order valence-electron chi connectivity index (χ0n) is 15.6. The minimum atomic E-state index is -1.88. The SMILES string of the molecule is CCc1ccc2c(c1)[C@](O)(CC(=O)c1ccc(NC(=O)C3CC3)cc1)C(=O)N2. The van der Waals surface area contributed by atoms with Crippen LogP contribution in [0.1, 0.15) is 47.7 Å². The maximum atomic E-state index is 12.7. The van der Waals surface area contributed by atoms with E-state index in [1.54, 1.807) is 36.4 Å². The lowest BCUT2D eigenvalue weighted by Gasteiger charge is -2.20. The largest absolute Gasteiger partial charge is 0.375 e. The number of Topliss-reactive ketones (excluding diaryl/α,β-unsaturated/α-hetero) is 1. The summed E-state index contributed by atoms with van der Waals surface area (Å²) in [6.45, 7) is 1.99. The molecule has 0 aromatic heterocycles. The predicted octanol–water partition coefficient (Wildman–Crippen LogP) is 3.01. The summed E-state index contributed by atoms with van der Waals surface area (Å²) in [5.41, 5.74) is 1.09. The van der Waals surface area contributed by atoms with Crippen LogP contribution in [0.25, 0.3) is 0 Å². The molecule has 0 unspecified atom stereocenters. The van der Waals surface area contributed by atoms with Gasteiger partial charge in [0.1, 0.15) is 0 Å². The number of anilines is 2. The Morgan fingerprint density at radius 1 is 1.18 bits per heavy atom. The first-order chi connectivity index (χ1) is 13.4. The van der Waals surface area contributed by atoms with Crippen molar-refractivity contribution in [3.8, 4) is 0 Å². The molecule has 144 valence electrons. The van der Waals surface area contributed by atoms with Crippen LogP contribution in [0.2, 0.25) is 0 Å². The number of fused-ring (bicyclic) bond motifs is 1. The Labute approximate surface area is 163 Å². The van der Waals surface area contributed by atoms with Crippen LogP contribution in [0.5, 0.6) is 0 Å². The van der Waals surface area contributed by atoms with Crippen LogP contribution in [0, 0.1) is 5.92 Å².